The Labute approximate surface area is 182 Å². The number of aliphatic hydroxyl groups is 2. The van der Waals surface area contributed by atoms with E-state index < -0.39 is 11.8 Å². The number of hydrogen-bond acceptors (Lipinski definition) is 5. The van der Waals surface area contributed by atoms with Crippen molar-refractivity contribution in [1.82, 2.24) is 9.55 Å². The largest absolute Gasteiger partial charge is 0.363 e. The standard InChI is InChI=1S/C21H16Cl2N4O3/c1-21(9-12-2-4-13(10-24)5-3-12)19(30)26(16-7-14(22)6-15(23)8-16)20-25-11-17(18(28)29)27(20)21/h2-8,11,18,28-29H,9H2,1H3/t21-/m1/s1. The average molecular weight is 443 g/mol. The number of nitrogens with zero attached hydrogens (tertiary/aromatic N) is 4. The van der Waals surface area contributed by atoms with Gasteiger partial charge in [-0.25, -0.2) is 9.88 Å². The highest BCUT2D eigenvalue weighted by Crippen LogP contribution is 2.44. The van der Waals surface area contributed by atoms with Crippen LogP contribution in [0.4, 0.5) is 11.6 Å². The molecule has 0 spiro atoms. The first-order valence-corrected chi connectivity index (χ1v) is 9.74. The molecule has 2 heterocycles. The van der Waals surface area contributed by atoms with Crippen molar-refractivity contribution < 1.29 is 15.0 Å². The van der Waals surface area contributed by atoms with Crippen LogP contribution in [0.5, 0.6) is 0 Å². The second-order valence-electron chi connectivity index (χ2n) is 7.22. The summed E-state index contributed by atoms with van der Waals surface area (Å²) in [5, 5.41) is 29.4. The summed E-state index contributed by atoms with van der Waals surface area (Å²) in [6, 6.07) is 13.7. The molecule has 1 atom stereocenters. The molecule has 3 aromatic rings. The van der Waals surface area contributed by atoms with Gasteiger partial charge in [-0.15, -0.1) is 0 Å². The van der Waals surface area contributed by atoms with E-state index in [4.69, 9.17) is 28.5 Å². The van der Waals surface area contributed by atoms with Gasteiger partial charge in [0.25, 0.3) is 5.91 Å². The van der Waals surface area contributed by atoms with Gasteiger partial charge in [0.15, 0.2) is 6.29 Å². The fourth-order valence-electron chi connectivity index (χ4n) is 3.78. The number of nitriles is 1. The zero-order chi connectivity index (χ0) is 21.6. The lowest BCUT2D eigenvalue weighted by Gasteiger charge is -2.27. The molecule has 1 aromatic heterocycles. The number of carbonyl (C=O) groups is 1. The average Bonchev–Trinajstić information content (AvgIpc) is 3.21. The summed E-state index contributed by atoms with van der Waals surface area (Å²) >= 11 is 12.3. The summed E-state index contributed by atoms with van der Waals surface area (Å²) in [5.41, 5.74) is 0.617. The molecule has 0 saturated heterocycles. The van der Waals surface area contributed by atoms with E-state index in [0.717, 1.165) is 5.56 Å². The number of aliphatic hydroxyl groups excluding tert-OH is 1. The molecule has 1 aliphatic heterocycles. The topological polar surface area (TPSA) is 102 Å². The molecule has 0 radical (unpaired) electrons. The Bertz CT molecular complexity index is 1160. The maximum absolute atomic E-state index is 13.6. The second kappa shape index (κ2) is 7.42. The molecule has 9 heteroatoms. The van der Waals surface area contributed by atoms with Crippen LogP contribution in [0.2, 0.25) is 10.0 Å². The van der Waals surface area contributed by atoms with Crippen LogP contribution in [-0.2, 0) is 16.8 Å². The number of rotatable bonds is 4. The first kappa shape index (κ1) is 20.4. The fourth-order valence-corrected chi connectivity index (χ4v) is 4.29. The second-order valence-corrected chi connectivity index (χ2v) is 8.09. The van der Waals surface area contributed by atoms with Gasteiger partial charge in [-0.1, -0.05) is 35.3 Å². The minimum atomic E-state index is -1.82. The summed E-state index contributed by atoms with van der Waals surface area (Å²) in [7, 11) is 0. The smallest absolute Gasteiger partial charge is 0.260 e. The zero-order valence-electron chi connectivity index (χ0n) is 15.8. The van der Waals surface area contributed by atoms with Gasteiger partial charge in [0, 0.05) is 16.5 Å². The van der Waals surface area contributed by atoms with Crippen molar-refractivity contribution in [3.8, 4) is 6.07 Å². The Morgan fingerprint density at radius 1 is 1.17 bits per heavy atom. The number of anilines is 2. The first-order chi connectivity index (χ1) is 14.2. The van der Waals surface area contributed by atoms with Crippen molar-refractivity contribution in [2.75, 3.05) is 4.90 Å². The van der Waals surface area contributed by atoms with Crippen LogP contribution in [0, 0.1) is 11.3 Å². The molecular formula is C21H16Cl2N4O3. The van der Waals surface area contributed by atoms with Gasteiger partial charge in [0.05, 0.1) is 29.2 Å². The van der Waals surface area contributed by atoms with E-state index in [9.17, 15) is 15.0 Å². The number of imidazole rings is 1. The van der Waals surface area contributed by atoms with Crippen molar-refractivity contribution in [1.29, 1.82) is 5.26 Å². The molecule has 1 aliphatic rings. The van der Waals surface area contributed by atoms with Gasteiger partial charge in [-0.3, -0.25) is 9.36 Å². The van der Waals surface area contributed by atoms with Crippen molar-refractivity contribution in [3.63, 3.8) is 0 Å². The number of fused-ring (bicyclic) bond motifs is 1. The lowest BCUT2D eigenvalue weighted by atomic mass is 9.91. The third kappa shape index (κ3) is 3.24. The molecule has 2 aromatic carbocycles. The third-order valence-electron chi connectivity index (χ3n) is 5.13. The minimum absolute atomic E-state index is 0.0881. The molecule has 7 nitrogen and oxygen atoms in total. The highest BCUT2D eigenvalue weighted by Gasteiger charge is 2.50. The quantitative estimate of drug-likeness (QED) is 0.599. The Balaban J connectivity index is 1.86. The van der Waals surface area contributed by atoms with Crippen molar-refractivity contribution in [2.24, 2.45) is 0 Å². The zero-order valence-corrected chi connectivity index (χ0v) is 17.3. The number of carbonyl (C=O) groups excluding carboxylic acids is 1. The Hall–Kier alpha value is -2.89. The number of hydrogen-bond donors (Lipinski definition) is 2. The summed E-state index contributed by atoms with van der Waals surface area (Å²) in [5.74, 6) is -0.0900. The molecule has 0 unspecified atom stereocenters. The predicted octanol–water partition coefficient (Wildman–Crippen LogP) is 3.68. The SMILES string of the molecule is C[C@@]1(Cc2ccc(C#N)cc2)C(=O)N(c2cc(Cl)cc(Cl)c2)c2ncc(C(O)O)n21. The number of aromatic nitrogens is 2. The van der Waals surface area contributed by atoms with Crippen LogP contribution in [0.15, 0.2) is 48.7 Å². The molecule has 1 amide bonds. The number of amides is 1. The van der Waals surface area contributed by atoms with E-state index in [-0.39, 0.29) is 24.0 Å². The molecule has 2 N–H and O–H groups in total. The van der Waals surface area contributed by atoms with Crippen molar-refractivity contribution in [2.45, 2.75) is 25.2 Å². The van der Waals surface area contributed by atoms with Gasteiger partial charge >= 0.3 is 0 Å². The van der Waals surface area contributed by atoms with E-state index >= 15 is 0 Å². The highest BCUT2D eigenvalue weighted by atomic mass is 35.5. The molecule has 152 valence electrons. The fraction of sp³-hybridized carbons (Fsp3) is 0.190. The molecule has 0 bridgehead atoms. The van der Waals surface area contributed by atoms with Crippen LogP contribution in [0.3, 0.4) is 0 Å². The van der Waals surface area contributed by atoms with Gasteiger partial charge in [-0.05, 0) is 42.8 Å². The van der Waals surface area contributed by atoms with E-state index in [1.165, 1.54) is 15.7 Å². The van der Waals surface area contributed by atoms with Crippen molar-refractivity contribution in [3.05, 3.63) is 75.5 Å². The monoisotopic (exact) mass is 442 g/mol. The van der Waals surface area contributed by atoms with Gasteiger partial charge < -0.3 is 10.2 Å². The van der Waals surface area contributed by atoms with Crippen LogP contribution < -0.4 is 4.90 Å². The van der Waals surface area contributed by atoms with Crippen molar-refractivity contribution >= 4 is 40.7 Å². The number of benzene rings is 2. The van der Waals surface area contributed by atoms with E-state index in [1.54, 1.807) is 49.4 Å². The Morgan fingerprint density at radius 3 is 2.37 bits per heavy atom. The highest BCUT2D eigenvalue weighted by molar-refractivity contribution is 6.35. The molecule has 30 heavy (non-hydrogen) atoms. The summed E-state index contributed by atoms with van der Waals surface area (Å²) < 4.78 is 1.52. The summed E-state index contributed by atoms with van der Waals surface area (Å²) in [6.45, 7) is 1.71. The van der Waals surface area contributed by atoms with Gasteiger partial charge in [0.1, 0.15) is 5.54 Å². The van der Waals surface area contributed by atoms with Crippen LogP contribution in [-0.4, -0.2) is 25.7 Å². The summed E-state index contributed by atoms with van der Waals surface area (Å²) in [6.07, 6.45) is -0.254. The third-order valence-corrected chi connectivity index (χ3v) is 5.57. The van der Waals surface area contributed by atoms with Crippen LogP contribution in [0.1, 0.15) is 30.0 Å². The van der Waals surface area contributed by atoms with Crippen LogP contribution in [0.25, 0.3) is 0 Å². The number of halogens is 2. The molecule has 0 saturated carbocycles. The molecule has 4 rings (SSSR count). The van der Waals surface area contributed by atoms with Gasteiger partial charge in [-0.2, -0.15) is 5.26 Å². The van der Waals surface area contributed by atoms with Gasteiger partial charge in [0.2, 0.25) is 5.95 Å². The minimum Gasteiger partial charge on any atom is -0.363 e. The molecule has 0 aliphatic carbocycles. The normalized spacial score (nSPS) is 18.0. The molecule has 0 fully saturated rings. The maximum atomic E-state index is 13.6. The Kier molecular flexibility index (Phi) is 5.04. The van der Waals surface area contributed by atoms with E-state index in [0.29, 0.717) is 21.3 Å². The maximum Gasteiger partial charge on any atom is 0.260 e. The lowest BCUT2D eigenvalue weighted by Crippen LogP contribution is -2.41. The molecular weight excluding hydrogens is 427 g/mol. The van der Waals surface area contributed by atoms with E-state index in [1.807, 2.05) is 0 Å². The van der Waals surface area contributed by atoms with Crippen LogP contribution >= 0.6 is 23.2 Å². The predicted molar refractivity (Wildman–Crippen MR) is 112 cm³/mol. The van der Waals surface area contributed by atoms with E-state index in [2.05, 4.69) is 11.1 Å². The Morgan fingerprint density at radius 2 is 1.80 bits per heavy atom. The summed E-state index contributed by atoms with van der Waals surface area (Å²) in [4.78, 5) is 19.3. The first-order valence-electron chi connectivity index (χ1n) is 8.98. The lowest BCUT2D eigenvalue weighted by molar-refractivity contribution is -0.124.